The van der Waals surface area contributed by atoms with Gasteiger partial charge in [-0.25, -0.2) is 0 Å². The van der Waals surface area contributed by atoms with Crippen molar-refractivity contribution in [1.82, 2.24) is 0 Å². The summed E-state index contributed by atoms with van der Waals surface area (Å²) in [6.07, 6.45) is 0. The lowest BCUT2D eigenvalue weighted by atomic mass is 10.1. The molecule has 1 aromatic carbocycles. The van der Waals surface area contributed by atoms with Gasteiger partial charge in [0.25, 0.3) is 5.91 Å². The van der Waals surface area contributed by atoms with Gasteiger partial charge in [0.2, 0.25) is 5.55 Å². The second-order valence-electron chi connectivity index (χ2n) is 3.26. The number of hydrogen-bond donors (Lipinski definition) is 2. The third-order valence-electron chi connectivity index (χ3n) is 2.24. The normalized spacial score (nSPS) is 10.3. The summed E-state index contributed by atoms with van der Waals surface area (Å²) in [7, 11) is 1.54. The maximum absolute atomic E-state index is 11.0. The minimum absolute atomic E-state index is 0.0673. The van der Waals surface area contributed by atoms with Crippen molar-refractivity contribution in [3.8, 4) is 5.75 Å². The van der Waals surface area contributed by atoms with Crippen molar-refractivity contribution in [2.75, 3.05) is 7.11 Å². The lowest BCUT2D eigenvalue weighted by Gasteiger charge is -2.03. The molecule has 82 valence electrons. The van der Waals surface area contributed by atoms with E-state index in [0.29, 0.717) is 16.7 Å². The average molecular weight is 218 g/mol. The number of hydrogen-bond acceptors (Lipinski definition) is 4. The fourth-order valence-corrected chi connectivity index (χ4v) is 1.42. The Morgan fingerprint density at radius 1 is 1.44 bits per heavy atom. The van der Waals surface area contributed by atoms with Crippen LogP contribution in [0.1, 0.15) is 10.4 Å². The number of primary amides is 1. The second-order valence-corrected chi connectivity index (χ2v) is 3.26. The van der Waals surface area contributed by atoms with E-state index in [1.54, 1.807) is 25.3 Å². The summed E-state index contributed by atoms with van der Waals surface area (Å²) in [4.78, 5) is 11.0. The minimum Gasteiger partial charge on any atom is -0.497 e. The van der Waals surface area contributed by atoms with Crippen molar-refractivity contribution >= 4 is 16.9 Å². The predicted octanol–water partition coefficient (Wildman–Crippen LogP) is 1.02. The largest absolute Gasteiger partial charge is 0.497 e. The highest BCUT2D eigenvalue weighted by Crippen LogP contribution is 2.19. The summed E-state index contributed by atoms with van der Waals surface area (Å²) in [6.45, 7) is 0. The number of nitrogens with one attached hydrogen (secondary N) is 1. The quantitative estimate of drug-likeness (QED) is 0.788. The van der Waals surface area contributed by atoms with Crippen molar-refractivity contribution in [3.63, 3.8) is 0 Å². The molecular weight excluding hydrogens is 208 g/mol. The molecule has 0 radical (unpaired) electrons. The SMILES string of the molecule is COc1ccc2cc(C(N)=O)c(=N)oc2c1. The number of fused-ring (bicyclic) bond motifs is 1. The van der Waals surface area contributed by atoms with Crippen LogP contribution in [0.3, 0.4) is 0 Å². The molecule has 16 heavy (non-hydrogen) atoms. The number of carbonyl (C=O) groups is 1. The van der Waals surface area contributed by atoms with Crippen molar-refractivity contribution < 1.29 is 13.9 Å². The third kappa shape index (κ3) is 1.63. The van der Waals surface area contributed by atoms with Crippen molar-refractivity contribution in [2.45, 2.75) is 0 Å². The highest BCUT2D eigenvalue weighted by atomic mass is 16.5. The molecule has 0 unspecified atom stereocenters. The molecule has 0 saturated heterocycles. The molecule has 1 amide bonds. The molecule has 5 nitrogen and oxygen atoms in total. The van der Waals surface area contributed by atoms with E-state index in [9.17, 15) is 4.79 Å². The number of carbonyl (C=O) groups excluding carboxylic acids is 1. The van der Waals surface area contributed by atoms with Crippen molar-refractivity contribution in [1.29, 1.82) is 5.41 Å². The van der Waals surface area contributed by atoms with Crippen molar-refractivity contribution in [2.24, 2.45) is 5.73 Å². The van der Waals surface area contributed by atoms with Crippen LogP contribution in [-0.4, -0.2) is 13.0 Å². The Kier molecular flexibility index (Phi) is 2.36. The molecule has 0 bridgehead atoms. The van der Waals surface area contributed by atoms with Gasteiger partial charge in [-0.15, -0.1) is 0 Å². The van der Waals surface area contributed by atoms with Gasteiger partial charge in [0.05, 0.1) is 7.11 Å². The monoisotopic (exact) mass is 218 g/mol. The van der Waals surface area contributed by atoms with E-state index in [1.807, 2.05) is 0 Å². The highest BCUT2D eigenvalue weighted by molar-refractivity contribution is 5.95. The second kappa shape index (κ2) is 3.69. The molecule has 0 aliphatic carbocycles. The molecule has 2 rings (SSSR count). The average Bonchev–Trinajstić information content (AvgIpc) is 2.27. The van der Waals surface area contributed by atoms with Gasteiger partial charge in [-0.1, -0.05) is 0 Å². The van der Waals surface area contributed by atoms with Gasteiger partial charge in [-0.05, 0) is 18.2 Å². The number of rotatable bonds is 2. The molecule has 0 aliphatic heterocycles. The fraction of sp³-hybridized carbons (Fsp3) is 0.0909. The van der Waals surface area contributed by atoms with Crippen LogP contribution in [0.5, 0.6) is 5.75 Å². The maximum Gasteiger partial charge on any atom is 0.254 e. The van der Waals surface area contributed by atoms with Crippen molar-refractivity contribution in [3.05, 3.63) is 35.4 Å². The van der Waals surface area contributed by atoms with Crippen LogP contribution < -0.4 is 16.0 Å². The number of methoxy groups -OCH3 is 1. The number of benzene rings is 1. The molecule has 0 fully saturated rings. The summed E-state index contributed by atoms with van der Waals surface area (Å²) in [5, 5.41) is 8.20. The van der Waals surface area contributed by atoms with Crippen LogP contribution in [0.25, 0.3) is 11.0 Å². The molecule has 2 aromatic rings. The zero-order chi connectivity index (χ0) is 11.7. The maximum atomic E-state index is 11.0. The van der Waals surface area contributed by atoms with E-state index in [1.165, 1.54) is 6.07 Å². The van der Waals surface area contributed by atoms with Crippen LogP contribution in [0.2, 0.25) is 0 Å². The van der Waals surface area contributed by atoms with Gasteiger partial charge in [-0.2, -0.15) is 0 Å². The predicted molar refractivity (Wildman–Crippen MR) is 57.1 cm³/mol. The number of amides is 1. The van der Waals surface area contributed by atoms with E-state index in [2.05, 4.69) is 0 Å². The first-order valence-electron chi connectivity index (χ1n) is 4.58. The van der Waals surface area contributed by atoms with E-state index in [4.69, 9.17) is 20.3 Å². The molecule has 0 atom stereocenters. The Bertz CT molecular complexity index is 616. The van der Waals surface area contributed by atoms with E-state index < -0.39 is 5.91 Å². The molecule has 0 spiro atoms. The first-order chi connectivity index (χ1) is 7.61. The van der Waals surface area contributed by atoms with Gasteiger partial charge in [0.15, 0.2) is 0 Å². The lowest BCUT2D eigenvalue weighted by molar-refractivity contribution is 0.0996. The van der Waals surface area contributed by atoms with Gasteiger partial charge < -0.3 is 14.9 Å². The zero-order valence-corrected chi connectivity index (χ0v) is 8.61. The molecule has 5 heteroatoms. The van der Waals surface area contributed by atoms with Crippen LogP contribution in [0.4, 0.5) is 0 Å². The lowest BCUT2D eigenvalue weighted by Crippen LogP contribution is -2.20. The standard InChI is InChI=1S/C11H10N2O3/c1-15-7-3-2-6-4-8(10(12)14)11(13)16-9(6)5-7/h2-5,13H,1H3,(H2,12,14). The molecule has 0 saturated carbocycles. The van der Waals surface area contributed by atoms with E-state index >= 15 is 0 Å². The number of nitrogens with two attached hydrogens (primary N) is 1. The van der Waals surface area contributed by atoms with Gasteiger partial charge in [0, 0.05) is 11.5 Å². The summed E-state index contributed by atoms with van der Waals surface area (Å²) in [6, 6.07) is 6.66. The van der Waals surface area contributed by atoms with E-state index in [0.717, 1.165) is 0 Å². The summed E-state index contributed by atoms with van der Waals surface area (Å²) in [5.41, 5.74) is 5.42. The van der Waals surface area contributed by atoms with Crippen LogP contribution in [-0.2, 0) is 0 Å². The zero-order valence-electron chi connectivity index (χ0n) is 8.61. The third-order valence-corrected chi connectivity index (χ3v) is 2.24. The smallest absolute Gasteiger partial charge is 0.254 e. The molecular formula is C11H10N2O3. The van der Waals surface area contributed by atoms with Gasteiger partial charge in [0.1, 0.15) is 16.9 Å². The summed E-state index contributed by atoms with van der Waals surface area (Å²) in [5.74, 6) is -0.0473. The fourth-order valence-electron chi connectivity index (χ4n) is 1.42. The van der Waals surface area contributed by atoms with E-state index in [-0.39, 0.29) is 11.1 Å². The number of ether oxygens (including phenoxy) is 1. The Morgan fingerprint density at radius 2 is 2.19 bits per heavy atom. The molecule has 3 N–H and O–H groups in total. The van der Waals surface area contributed by atoms with Crippen LogP contribution in [0.15, 0.2) is 28.7 Å². The molecule has 1 heterocycles. The first-order valence-corrected chi connectivity index (χ1v) is 4.58. The summed E-state index contributed by atoms with van der Waals surface area (Å²) >= 11 is 0. The van der Waals surface area contributed by atoms with Crippen LogP contribution >= 0.6 is 0 Å². The summed E-state index contributed by atoms with van der Waals surface area (Å²) < 4.78 is 10.2. The topological polar surface area (TPSA) is 89.3 Å². The Hall–Kier alpha value is -2.30. The minimum atomic E-state index is -0.675. The molecule has 1 aromatic heterocycles. The Morgan fingerprint density at radius 3 is 2.81 bits per heavy atom. The Labute approximate surface area is 90.9 Å². The Balaban J connectivity index is 2.74. The van der Waals surface area contributed by atoms with Gasteiger partial charge >= 0.3 is 0 Å². The highest BCUT2D eigenvalue weighted by Gasteiger charge is 2.08. The molecule has 0 aliphatic rings. The van der Waals surface area contributed by atoms with Gasteiger partial charge in [-0.3, -0.25) is 10.2 Å². The van der Waals surface area contributed by atoms with Crippen LogP contribution in [0, 0.1) is 5.41 Å². The first kappa shape index (κ1) is 10.2.